The summed E-state index contributed by atoms with van der Waals surface area (Å²) in [6, 6.07) is 5.67. The minimum atomic E-state index is -3.55. The number of ether oxygens (including phenoxy) is 1. The van der Waals surface area contributed by atoms with Crippen LogP contribution in [0.25, 0.3) is 0 Å². The molecule has 1 amide bonds. The fraction of sp³-hybridized carbons (Fsp3) is 0.389. The maximum absolute atomic E-state index is 13.1. The number of anilines is 1. The molecule has 1 aromatic heterocycles. The lowest BCUT2D eigenvalue weighted by molar-refractivity contribution is -0.110. The van der Waals surface area contributed by atoms with Crippen LogP contribution in [0.1, 0.15) is 18.4 Å². The number of thiazole rings is 1. The number of halogens is 1. The fourth-order valence-corrected chi connectivity index (χ4v) is 4.81. The van der Waals surface area contributed by atoms with Crippen molar-refractivity contribution in [3.8, 4) is 0 Å². The Kier molecular flexibility index (Phi) is 7.48. The summed E-state index contributed by atoms with van der Waals surface area (Å²) in [7, 11) is -3.55. The molecule has 30 heavy (non-hydrogen) atoms. The maximum Gasteiger partial charge on any atom is 0.280 e. The number of sulfone groups is 1. The van der Waals surface area contributed by atoms with Gasteiger partial charge in [-0.1, -0.05) is 28.6 Å². The monoisotopic (exact) mass is 457 g/mol. The number of hydrogen-bond donors (Lipinski definition) is 2. The summed E-state index contributed by atoms with van der Waals surface area (Å²) in [6.07, 6.45) is 1.72. The molecule has 9 nitrogen and oxygen atoms in total. The third kappa shape index (κ3) is 5.39. The Morgan fingerprint density at radius 2 is 2.17 bits per heavy atom. The number of amides is 1. The van der Waals surface area contributed by atoms with Gasteiger partial charge in [0.25, 0.3) is 5.91 Å². The summed E-state index contributed by atoms with van der Waals surface area (Å²) in [4.78, 5) is 21.5. The summed E-state index contributed by atoms with van der Waals surface area (Å²) < 4.78 is 43.6. The summed E-state index contributed by atoms with van der Waals surface area (Å²) >= 11 is 0.651. The summed E-state index contributed by atoms with van der Waals surface area (Å²) in [6.45, 7) is 0.532. The first-order chi connectivity index (χ1) is 14.4. The molecular formula is C18H20FN3O6S2. The van der Waals surface area contributed by atoms with Crippen molar-refractivity contribution in [1.29, 1.82) is 0 Å². The first kappa shape index (κ1) is 22.3. The van der Waals surface area contributed by atoms with Gasteiger partial charge in [-0.2, -0.15) is 4.39 Å². The number of carbonyl (C=O) groups excluding carboxylic acids is 1. The lowest BCUT2D eigenvalue weighted by Crippen LogP contribution is -2.25. The van der Waals surface area contributed by atoms with E-state index in [2.05, 4.69) is 15.5 Å². The molecule has 3 rings (SSSR count). The van der Waals surface area contributed by atoms with Crippen LogP contribution in [-0.2, 0) is 24.2 Å². The SMILES string of the molecule is O=C(Nc1ncc(F)s1)C(=NOCCCO)c1ccc(S(=O)(=O)[C@H]2CCOC2)cc1. The van der Waals surface area contributed by atoms with Crippen molar-refractivity contribution in [3.63, 3.8) is 0 Å². The van der Waals surface area contributed by atoms with E-state index in [0.717, 1.165) is 6.20 Å². The summed E-state index contributed by atoms with van der Waals surface area (Å²) in [5.74, 6) is -0.701. The van der Waals surface area contributed by atoms with Crippen LogP contribution in [0.15, 0.2) is 40.5 Å². The minimum Gasteiger partial charge on any atom is -0.396 e. The van der Waals surface area contributed by atoms with Crippen molar-refractivity contribution in [2.24, 2.45) is 5.16 Å². The van der Waals surface area contributed by atoms with E-state index in [0.29, 0.717) is 36.3 Å². The van der Waals surface area contributed by atoms with Gasteiger partial charge in [-0.15, -0.1) is 0 Å². The van der Waals surface area contributed by atoms with E-state index in [9.17, 15) is 17.6 Å². The number of hydrogen-bond acceptors (Lipinski definition) is 9. The number of aliphatic hydroxyl groups excluding tert-OH is 1. The van der Waals surface area contributed by atoms with E-state index < -0.39 is 26.1 Å². The van der Waals surface area contributed by atoms with Crippen LogP contribution in [0, 0.1) is 5.13 Å². The smallest absolute Gasteiger partial charge is 0.280 e. The second-order valence-corrected chi connectivity index (χ2v) is 9.54. The minimum absolute atomic E-state index is 0.0426. The molecule has 1 fully saturated rings. The van der Waals surface area contributed by atoms with Gasteiger partial charge in [-0.05, 0) is 18.6 Å². The van der Waals surface area contributed by atoms with Gasteiger partial charge in [0, 0.05) is 25.2 Å². The van der Waals surface area contributed by atoms with Gasteiger partial charge in [-0.25, -0.2) is 13.4 Å². The Hall–Kier alpha value is -2.41. The Labute approximate surface area is 176 Å². The predicted molar refractivity (Wildman–Crippen MR) is 108 cm³/mol. The average molecular weight is 458 g/mol. The van der Waals surface area contributed by atoms with Gasteiger partial charge in [-0.3, -0.25) is 10.1 Å². The number of oxime groups is 1. The van der Waals surface area contributed by atoms with Gasteiger partial charge in [0.15, 0.2) is 25.8 Å². The number of nitrogens with zero attached hydrogens (tertiary/aromatic N) is 2. The number of nitrogens with one attached hydrogen (secondary N) is 1. The Morgan fingerprint density at radius 3 is 2.77 bits per heavy atom. The van der Waals surface area contributed by atoms with Crippen LogP contribution in [-0.4, -0.2) is 61.8 Å². The molecule has 0 spiro atoms. The normalized spacial score (nSPS) is 17.1. The number of carbonyl (C=O) groups is 1. The Balaban J connectivity index is 1.82. The molecule has 1 aromatic carbocycles. The highest BCUT2D eigenvalue weighted by molar-refractivity contribution is 7.92. The Bertz CT molecular complexity index is 1000. The number of rotatable bonds is 9. The zero-order valence-electron chi connectivity index (χ0n) is 15.8. The zero-order chi connectivity index (χ0) is 21.6. The zero-order valence-corrected chi connectivity index (χ0v) is 17.4. The quantitative estimate of drug-likeness (QED) is 0.332. The topological polar surface area (TPSA) is 127 Å². The molecule has 0 bridgehead atoms. The van der Waals surface area contributed by atoms with E-state index in [1.807, 2.05) is 0 Å². The van der Waals surface area contributed by atoms with Gasteiger partial charge in [0.05, 0.1) is 22.9 Å². The van der Waals surface area contributed by atoms with Crippen LogP contribution >= 0.6 is 11.3 Å². The maximum atomic E-state index is 13.1. The van der Waals surface area contributed by atoms with Crippen molar-refractivity contribution in [2.45, 2.75) is 23.0 Å². The van der Waals surface area contributed by atoms with Crippen molar-refractivity contribution < 1.29 is 32.3 Å². The van der Waals surface area contributed by atoms with E-state index in [-0.39, 0.29) is 35.6 Å². The van der Waals surface area contributed by atoms with Crippen molar-refractivity contribution in [3.05, 3.63) is 41.2 Å². The van der Waals surface area contributed by atoms with Gasteiger partial charge >= 0.3 is 0 Å². The van der Waals surface area contributed by atoms with Gasteiger partial charge in [0.2, 0.25) is 0 Å². The average Bonchev–Trinajstić information content (AvgIpc) is 3.40. The van der Waals surface area contributed by atoms with Crippen LogP contribution in [0.5, 0.6) is 0 Å². The largest absolute Gasteiger partial charge is 0.396 e. The highest BCUT2D eigenvalue weighted by Gasteiger charge is 2.31. The summed E-state index contributed by atoms with van der Waals surface area (Å²) in [5, 5.41) is 14.0. The van der Waals surface area contributed by atoms with Crippen molar-refractivity contribution in [2.75, 3.05) is 31.7 Å². The van der Waals surface area contributed by atoms with Gasteiger partial charge in [0.1, 0.15) is 6.61 Å². The van der Waals surface area contributed by atoms with Crippen LogP contribution in [0.3, 0.4) is 0 Å². The van der Waals surface area contributed by atoms with E-state index in [1.165, 1.54) is 24.3 Å². The second kappa shape index (κ2) is 10.1. The number of aromatic nitrogens is 1. The summed E-state index contributed by atoms with van der Waals surface area (Å²) in [5.41, 5.74) is 0.159. The lowest BCUT2D eigenvalue weighted by atomic mass is 10.1. The molecular weight excluding hydrogens is 437 g/mol. The Morgan fingerprint density at radius 1 is 1.40 bits per heavy atom. The molecule has 1 saturated heterocycles. The standard InChI is InChI=1S/C18H20FN3O6S2/c19-15-10-20-18(29-15)21-17(24)16(22-28-8-1-7-23)12-2-4-13(5-3-12)30(25,26)14-6-9-27-11-14/h2-5,10,14,23H,1,6-9,11H2,(H,20,21,24)/t14-/m0/s1. The highest BCUT2D eigenvalue weighted by Crippen LogP contribution is 2.23. The molecule has 1 aliphatic rings. The predicted octanol–water partition coefficient (Wildman–Crippen LogP) is 1.59. The highest BCUT2D eigenvalue weighted by atomic mass is 32.2. The van der Waals surface area contributed by atoms with Crippen molar-refractivity contribution >= 4 is 37.9 Å². The molecule has 1 aliphatic heterocycles. The molecule has 1 atom stereocenters. The lowest BCUT2D eigenvalue weighted by Gasteiger charge is -2.11. The molecule has 0 unspecified atom stereocenters. The van der Waals surface area contributed by atoms with Gasteiger partial charge < -0.3 is 14.7 Å². The second-order valence-electron chi connectivity index (χ2n) is 6.33. The first-order valence-electron chi connectivity index (χ1n) is 9.07. The first-order valence-corrected chi connectivity index (χ1v) is 11.4. The fourth-order valence-electron chi connectivity index (χ4n) is 2.69. The molecule has 12 heteroatoms. The van der Waals surface area contributed by atoms with Crippen LogP contribution in [0.4, 0.5) is 9.52 Å². The molecule has 2 N–H and O–H groups in total. The third-order valence-corrected chi connectivity index (χ3v) is 7.13. The van der Waals surface area contributed by atoms with Crippen LogP contribution in [0.2, 0.25) is 0 Å². The third-order valence-electron chi connectivity index (χ3n) is 4.25. The number of benzene rings is 1. The molecule has 0 saturated carbocycles. The number of aliphatic hydroxyl groups is 1. The molecule has 2 aromatic rings. The van der Waals surface area contributed by atoms with E-state index in [1.54, 1.807) is 0 Å². The molecule has 0 aliphatic carbocycles. The van der Waals surface area contributed by atoms with E-state index >= 15 is 0 Å². The molecule has 162 valence electrons. The van der Waals surface area contributed by atoms with Crippen LogP contribution < -0.4 is 5.32 Å². The van der Waals surface area contributed by atoms with E-state index in [4.69, 9.17) is 14.7 Å². The van der Waals surface area contributed by atoms with Crippen molar-refractivity contribution in [1.82, 2.24) is 4.98 Å². The molecule has 0 radical (unpaired) electrons. The molecule has 2 heterocycles.